The predicted octanol–water partition coefficient (Wildman–Crippen LogP) is 2.07. The topological polar surface area (TPSA) is 22.0 Å². The van der Waals surface area contributed by atoms with Crippen LogP contribution in [0.2, 0.25) is 0 Å². The molecule has 2 nitrogen and oxygen atoms in total. The summed E-state index contributed by atoms with van der Waals surface area (Å²) in [6, 6.07) is 0. The Morgan fingerprint density at radius 2 is 1.67 bits per heavy atom. The summed E-state index contributed by atoms with van der Waals surface area (Å²) in [5.74, 6) is 0. The Balaban J connectivity index is 3.73. The summed E-state index contributed by atoms with van der Waals surface area (Å²) in [6.45, 7) is 5.93. The van der Waals surface area contributed by atoms with E-state index < -0.39 is 0 Å². The van der Waals surface area contributed by atoms with Gasteiger partial charge in [-0.1, -0.05) is 0 Å². The van der Waals surface area contributed by atoms with Crippen LogP contribution in [0.5, 0.6) is 0 Å². The zero-order chi connectivity index (χ0) is 9.46. The van der Waals surface area contributed by atoms with Gasteiger partial charge in [-0.3, -0.25) is 4.79 Å². The molecule has 0 saturated carbocycles. The summed E-state index contributed by atoms with van der Waals surface area (Å²) < 4.78 is 2.33. The van der Waals surface area contributed by atoms with E-state index in [-0.39, 0.29) is 5.56 Å². The van der Waals surface area contributed by atoms with E-state index in [0.29, 0.717) is 4.47 Å². The molecule has 0 bridgehead atoms. The van der Waals surface area contributed by atoms with E-state index in [0.717, 1.165) is 11.3 Å². The van der Waals surface area contributed by atoms with Gasteiger partial charge in [-0.2, -0.15) is 0 Å². The highest BCUT2D eigenvalue weighted by Crippen LogP contribution is 2.17. The minimum Gasteiger partial charge on any atom is -0.315 e. The van der Waals surface area contributed by atoms with Crippen molar-refractivity contribution in [2.75, 3.05) is 0 Å². The van der Waals surface area contributed by atoms with E-state index in [1.54, 1.807) is 11.6 Å². The molecule has 0 aliphatic rings. The van der Waals surface area contributed by atoms with Crippen molar-refractivity contribution in [3.63, 3.8) is 0 Å². The fraction of sp³-hybridized carbons (Fsp3) is 0.444. The molecule has 0 unspecified atom stereocenters. The first-order valence-corrected chi connectivity index (χ1v) is 4.58. The van der Waals surface area contributed by atoms with Crippen LogP contribution in [0.15, 0.2) is 9.27 Å². The van der Waals surface area contributed by atoms with Crippen LogP contribution in [0.3, 0.4) is 0 Å². The quantitative estimate of drug-likeness (QED) is 0.668. The van der Waals surface area contributed by atoms with Gasteiger partial charge in [-0.05, 0) is 47.8 Å². The highest BCUT2D eigenvalue weighted by molar-refractivity contribution is 9.10. The van der Waals surface area contributed by atoms with Gasteiger partial charge in [0, 0.05) is 12.7 Å². The van der Waals surface area contributed by atoms with E-state index >= 15 is 0 Å². The number of pyridine rings is 1. The highest BCUT2D eigenvalue weighted by atomic mass is 79.9. The molecule has 1 aromatic heterocycles. The molecule has 0 N–H and O–H groups in total. The third-order valence-electron chi connectivity index (χ3n) is 2.43. The van der Waals surface area contributed by atoms with Crippen molar-refractivity contribution in [1.82, 2.24) is 4.57 Å². The fourth-order valence-corrected chi connectivity index (χ4v) is 1.71. The van der Waals surface area contributed by atoms with Gasteiger partial charge in [-0.25, -0.2) is 0 Å². The molecule has 66 valence electrons. The summed E-state index contributed by atoms with van der Waals surface area (Å²) in [5.41, 5.74) is 3.27. The largest absolute Gasteiger partial charge is 0.315 e. The number of rotatable bonds is 0. The molecule has 0 spiro atoms. The van der Waals surface area contributed by atoms with Crippen LogP contribution in [-0.2, 0) is 7.05 Å². The lowest BCUT2D eigenvalue weighted by Crippen LogP contribution is -2.22. The summed E-state index contributed by atoms with van der Waals surface area (Å²) in [4.78, 5) is 11.5. The van der Waals surface area contributed by atoms with Crippen molar-refractivity contribution >= 4 is 15.9 Å². The molecule has 1 heterocycles. The molecular weight excluding hydrogens is 218 g/mol. The summed E-state index contributed by atoms with van der Waals surface area (Å²) in [5, 5.41) is 0. The second-order valence-electron chi connectivity index (χ2n) is 3.01. The van der Waals surface area contributed by atoms with Gasteiger partial charge in [0.05, 0.1) is 4.47 Å². The maximum atomic E-state index is 11.5. The molecule has 1 aromatic rings. The Kier molecular flexibility index (Phi) is 2.42. The second kappa shape index (κ2) is 3.05. The smallest absolute Gasteiger partial charge is 0.265 e. The molecule has 0 radical (unpaired) electrons. The van der Waals surface area contributed by atoms with Gasteiger partial charge in [0.15, 0.2) is 0 Å². The van der Waals surface area contributed by atoms with E-state index in [9.17, 15) is 4.79 Å². The minimum atomic E-state index is 0.0376. The molecule has 0 saturated heterocycles. The Bertz CT molecular complexity index is 347. The van der Waals surface area contributed by atoms with E-state index in [1.165, 1.54) is 5.56 Å². The summed E-state index contributed by atoms with van der Waals surface area (Å²) in [7, 11) is 1.79. The van der Waals surface area contributed by atoms with Gasteiger partial charge in [-0.15, -0.1) is 0 Å². The highest BCUT2D eigenvalue weighted by Gasteiger charge is 2.08. The number of nitrogens with zero attached hydrogens (tertiary/aromatic N) is 1. The second-order valence-corrected chi connectivity index (χ2v) is 3.81. The molecule has 0 aromatic carbocycles. The molecule has 0 aliphatic heterocycles. The Morgan fingerprint density at radius 1 is 1.17 bits per heavy atom. The van der Waals surface area contributed by atoms with Crippen molar-refractivity contribution in [2.45, 2.75) is 20.8 Å². The maximum Gasteiger partial charge on any atom is 0.265 e. The van der Waals surface area contributed by atoms with Crippen molar-refractivity contribution in [2.24, 2.45) is 7.05 Å². The number of halogens is 1. The number of hydrogen-bond donors (Lipinski definition) is 0. The van der Waals surface area contributed by atoms with Gasteiger partial charge < -0.3 is 4.57 Å². The molecule has 0 atom stereocenters. The monoisotopic (exact) mass is 229 g/mol. The Hall–Kier alpha value is -0.570. The van der Waals surface area contributed by atoms with E-state index in [4.69, 9.17) is 0 Å². The first-order chi connectivity index (χ1) is 5.46. The van der Waals surface area contributed by atoms with E-state index in [1.807, 2.05) is 20.8 Å². The molecule has 0 aliphatic carbocycles. The van der Waals surface area contributed by atoms with Crippen LogP contribution in [0.25, 0.3) is 0 Å². The van der Waals surface area contributed by atoms with Crippen molar-refractivity contribution in [3.8, 4) is 0 Å². The zero-order valence-corrected chi connectivity index (χ0v) is 9.32. The van der Waals surface area contributed by atoms with Crippen molar-refractivity contribution in [1.29, 1.82) is 0 Å². The van der Waals surface area contributed by atoms with Crippen LogP contribution in [-0.4, -0.2) is 4.57 Å². The lowest BCUT2D eigenvalue weighted by Gasteiger charge is -2.10. The van der Waals surface area contributed by atoms with Crippen LogP contribution in [0.1, 0.15) is 16.8 Å². The van der Waals surface area contributed by atoms with Gasteiger partial charge in [0.25, 0.3) is 5.56 Å². The SMILES string of the molecule is Cc1c(C)c(C)n(C)c(=O)c1Br. The van der Waals surface area contributed by atoms with Crippen LogP contribution >= 0.6 is 15.9 Å². The van der Waals surface area contributed by atoms with Gasteiger partial charge in [0.1, 0.15) is 0 Å². The van der Waals surface area contributed by atoms with Gasteiger partial charge in [0.2, 0.25) is 0 Å². The molecule has 0 amide bonds. The summed E-state index contributed by atoms with van der Waals surface area (Å²) in [6.07, 6.45) is 0. The normalized spacial score (nSPS) is 10.4. The van der Waals surface area contributed by atoms with E-state index in [2.05, 4.69) is 15.9 Å². The Labute approximate surface area is 80.3 Å². The third-order valence-corrected chi connectivity index (χ3v) is 3.36. The average molecular weight is 230 g/mol. The van der Waals surface area contributed by atoms with Crippen molar-refractivity contribution in [3.05, 3.63) is 31.6 Å². The number of aromatic nitrogens is 1. The lowest BCUT2D eigenvalue weighted by atomic mass is 10.1. The molecule has 12 heavy (non-hydrogen) atoms. The Morgan fingerprint density at radius 3 is 2.17 bits per heavy atom. The van der Waals surface area contributed by atoms with Crippen LogP contribution in [0.4, 0.5) is 0 Å². The summed E-state index contributed by atoms with van der Waals surface area (Å²) >= 11 is 3.28. The molecular formula is C9H12BrNO. The molecule has 1 rings (SSSR count). The van der Waals surface area contributed by atoms with Crippen LogP contribution in [0, 0.1) is 20.8 Å². The molecule has 0 fully saturated rings. The first-order valence-electron chi connectivity index (χ1n) is 3.79. The van der Waals surface area contributed by atoms with Crippen LogP contribution < -0.4 is 5.56 Å². The average Bonchev–Trinajstić information content (AvgIpc) is 2.08. The number of hydrogen-bond acceptors (Lipinski definition) is 1. The van der Waals surface area contributed by atoms with Gasteiger partial charge >= 0.3 is 0 Å². The first kappa shape index (κ1) is 9.52. The van der Waals surface area contributed by atoms with Crippen molar-refractivity contribution < 1.29 is 0 Å². The zero-order valence-electron chi connectivity index (χ0n) is 7.73. The fourth-order valence-electron chi connectivity index (χ4n) is 1.15. The minimum absolute atomic E-state index is 0.0376. The maximum absolute atomic E-state index is 11.5. The predicted molar refractivity (Wildman–Crippen MR) is 53.6 cm³/mol. The lowest BCUT2D eigenvalue weighted by molar-refractivity contribution is 0.796. The molecule has 3 heteroatoms. The standard InChI is InChI=1S/C9H12BrNO/c1-5-6(2)8(10)9(12)11(4)7(5)3/h1-4H3. The third kappa shape index (κ3) is 1.22.